The van der Waals surface area contributed by atoms with Gasteiger partial charge in [-0.15, -0.1) is 0 Å². The minimum atomic E-state index is -4.45. The van der Waals surface area contributed by atoms with Gasteiger partial charge in [0, 0.05) is 24.8 Å². The first-order chi connectivity index (χ1) is 13.2. The van der Waals surface area contributed by atoms with Gasteiger partial charge in [-0.05, 0) is 18.9 Å². The topological polar surface area (TPSA) is 139 Å². The van der Waals surface area contributed by atoms with Gasteiger partial charge in [0.25, 0.3) is 0 Å². The van der Waals surface area contributed by atoms with E-state index in [1.165, 1.54) is 6.07 Å². The number of alkyl halides is 3. The monoisotopic (exact) mass is 403 g/mol. The van der Waals surface area contributed by atoms with E-state index in [9.17, 15) is 22.8 Å². The average Bonchev–Trinajstić information content (AvgIpc) is 2.61. The number of carboxylic acids is 1. The molecule has 0 atom stereocenters. The number of amides is 1. The Hall–Kier alpha value is -3.31. The molecule has 1 aromatic heterocycles. The molecule has 0 bridgehead atoms. The number of anilines is 1. The zero-order chi connectivity index (χ0) is 21.0. The van der Waals surface area contributed by atoms with Crippen LogP contribution < -0.4 is 21.1 Å². The number of nitrogens with one attached hydrogen (secondary N) is 2. The standard InChI is InChI=1S/C16H20F3N5O4/c17-16(18,19)10-22-15(20)24-11-4-3-5-13(23-11)28-9-2-1-8-21-12(25)6-7-14(26)27/h3-7H,1-2,8-10H2,(H,21,25)(H,26,27)(H3,20,22,23,24)/b7-6-. The number of nitrogens with zero attached hydrogens (tertiary/aromatic N) is 2. The van der Waals surface area contributed by atoms with Crippen molar-refractivity contribution in [3.8, 4) is 5.88 Å². The summed E-state index contributed by atoms with van der Waals surface area (Å²) in [5.41, 5.74) is 5.37. The van der Waals surface area contributed by atoms with Crippen LogP contribution in [0.15, 0.2) is 35.3 Å². The van der Waals surface area contributed by atoms with Crippen LogP contribution >= 0.6 is 0 Å². The number of unbranched alkanes of at least 4 members (excludes halogenated alkanes) is 1. The van der Waals surface area contributed by atoms with Gasteiger partial charge >= 0.3 is 12.1 Å². The summed E-state index contributed by atoms with van der Waals surface area (Å²) in [6.45, 7) is -0.771. The number of guanidine groups is 1. The second-order valence-electron chi connectivity index (χ2n) is 5.32. The lowest BCUT2D eigenvalue weighted by Crippen LogP contribution is -2.26. The molecule has 1 rings (SSSR count). The van der Waals surface area contributed by atoms with Gasteiger partial charge in [0.2, 0.25) is 11.8 Å². The molecular formula is C16H20F3N5O4. The number of aliphatic imine (C=N–C) groups is 1. The predicted octanol–water partition coefficient (Wildman–Crippen LogP) is 1.29. The van der Waals surface area contributed by atoms with Crippen LogP contribution in [-0.4, -0.2) is 53.8 Å². The Kier molecular flexibility index (Phi) is 9.27. The summed E-state index contributed by atoms with van der Waals surface area (Å²) in [7, 11) is 0. The minimum absolute atomic E-state index is 0.179. The van der Waals surface area contributed by atoms with Crippen molar-refractivity contribution in [3.05, 3.63) is 30.4 Å². The molecule has 1 amide bonds. The van der Waals surface area contributed by atoms with Crippen LogP contribution in [0.3, 0.4) is 0 Å². The second kappa shape index (κ2) is 11.4. The summed E-state index contributed by atoms with van der Waals surface area (Å²) in [6.07, 6.45) is -1.62. The molecule has 0 aliphatic carbocycles. The van der Waals surface area contributed by atoms with Crippen LogP contribution in [0.5, 0.6) is 5.88 Å². The second-order valence-corrected chi connectivity index (χ2v) is 5.32. The van der Waals surface area contributed by atoms with Crippen molar-refractivity contribution < 1.29 is 32.6 Å². The zero-order valence-corrected chi connectivity index (χ0v) is 14.7. The molecule has 0 spiro atoms. The van der Waals surface area contributed by atoms with E-state index in [0.29, 0.717) is 19.4 Å². The first-order valence-corrected chi connectivity index (χ1v) is 8.08. The Bertz CT molecular complexity index is 722. The molecule has 5 N–H and O–H groups in total. The van der Waals surface area contributed by atoms with Crippen LogP contribution in [0, 0.1) is 0 Å². The maximum Gasteiger partial charge on any atom is 0.408 e. The Morgan fingerprint density at radius 3 is 2.71 bits per heavy atom. The molecule has 0 aliphatic heterocycles. The third kappa shape index (κ3) is 11.3. The summed E-state index contributed by atoms with van der Waals surface area (Å²) < 4.78 is 41.7. The molecule has 1 heterocycles. The van der Waals surface area contributed by atoms with Crippen molar-refractivity contribution in [1.82, 2.24) is 10.3 Å². The number of carbonyl (C=O) groups excluding carboxylic acids is 1. The number of carboxylic acid groups (broad SMARTS) is 1. The number of ether oxygens (including phenoxy) is 1. The van der Waals surface area contributed by atoms with Crippen LogP contribution in [0.25, 0.3) is 0 Å². The average molecular weight is 403 g/mol. The number of carbonyl (C=O) groups is 2. The Morgan fingerprint density at radius 1 is 1.29 bits per heavy atom. The Labute approximate surface area is 158 Å². The molecule has 0 saturated heterocycles. The first-order valence-electron chi connectivity index (χ1n) is 8.08. The lowest BCUT2D eigenvalue weighted by atomic mass is 10.3. The lowest BCUT2D eigenvalue weighted by molar-refractivity contribution is -0.131. The molecule has 0 saturated carbocycles. The fourth-order valence-electron chi connectivity index (χ4n) is 1.73. The highest BCUT2D eigenvalue weighted by molar-refractivity contribution is 5.93. The van der Waals surface area contributed by atoms with E-state index in [-0.39, 0.29) is 18.3 Å². The van der Waals surface area contributed by atoms with Crippen LogP contribution in [0.1, 0.15) is 12.8 Å². The van der Waals surface area contributed by atoms with Crippen molar-refractivity contribution in [2.45, 2.75) is 19.0 Å². The highest BCUT2D eigenvalue weighted by Gasteiger charge is 2.26. The Balaban J connectivity index is 2.32. The fraction of sp³-hybridized carbons (Fsp3) is 0.375. The van der Waals surface area contributed by atoms with E-state index in [4.69, 9.17) is 15.6 Å². The number of rotatable bonds is 10. The minimum Gasteiger partial charge on any atom is -0.478 e. The van der Waals surface area contributed by atoms with Gasteiger partial charge in [0.15, 0.2) is 5.96 Å². The smallest absolute Gasteiger partial charge is 0.408 e. The maximum absolute atomic E-state index is 12.1. The number of aliphatic carboxylic acids is 1. The van der Waals surface area contributed by atoms with E-state index >= 15 is 0 Å². The summed E-state index contributed by atoms with van der Waals surface area (Å²) >= 11 is 0. The third-order valence-corrected chi connectivity index (χ3v) is 2.91. The molecule has 1 aromatic rings. The lowest BCUT2D eigenvalue weighted by Gasteiger charge is -2.09. The first kappa shape index (κ1) is 22.7. The van der Waals surface area contributed by atoms with Gasteiger partial charge < -0.3 is 26.2 Å². The zero-order valence-electron chi connectivity index (χ0n) is 14.7. The highest BCUT2D eigenvalue weighted by atomic mass is 19.4. The van der Waals surface area contributed by atoms with Crippen molar-refractivity contribution in [2.24, 2.45) is 10.7 Å². The van der Waals surface area contributed by atoms with E-state index in [2.05, 4.69) is 20.6 Å². The van der Waals surface area contributed by atoms with Gasteiger partial charge in [0.1, 0.15) is 12.4 Å². The van der Waals surface area contributed by atoms with E-state index in [1.807, 2.05) is 0 Å². The van der Waals surface area contributed by atoms with E-state index in [0.717, 1.165) is 12.2 Å². The number of aromatic nitrogens is 1. The Morgan fingerprint density at radius 2 is 2.04 bits per heavy atom. The molecule has 28 heavy (non-hydrogen) atoms. The molecule has 0 aliphatic rings. The van der Waals surface area contributed by atoms with E-state index in [1.54, 1.807) is 12.1 Å². The molecule has 154 valence electrons. The predicted molar refractivity (Wildman–Crippen MR) is 94.9 cm³/mol. The number of pyridine rings is 1. The fourth-order valence-corrected chi connectivity index (χ4v) is 1.73. The molecule has 0 aromatic carbocycles. The molecule has 0 unspecified atom stereocenters. The van der Waals surface area contributed by atoms with Gasteiger partial charge in [-0.3, -0.25) is 4.79 Å². The number of hydrogen-bond acceptors (Lipinski definition) is 5. The van der Waals surface area contributed by atoms with Crippen molar-refractivity contribution >= 4 is 23.7 Å². The summed E-state index contributed by atoms with van der Waals surface area (Å²) in [5, 5.41) is 13.3. The number of halogens is 3. The molecule has 0 fully saturated rings. The van der Waals surface area contributed by atoms with Crippen LogP contribution in [0.2, 0.25) is 0 Å². The van der Waals surface area contributed by atoms with Gasteiger partial charge in [0.05, 0.1) is 6.61 Å². The highest BCUT2D eigenvalue weighted by Crippen LogP contribution is 2.15. The molecule has 0 radical (unpaired) electrons. The largest absolute Gasteiger partial charge is 0.478 e. The molecule has 9 nitrogen and oxygen atoms in total. The summed E-state index contributed by atoms with van der Waals surface area (Å²) in [6, 6.07) is 4.63. The van der Waals surface area contributed by atoms with Crippen molar-refractivity contribution in [3.63, 3.8) is 0 Å². The van der Waals surface area contributed by atoms with Gasteiger partial charge in [-0.25, -0.2) is 9.79 Å². The number of nitrogens with two attached hydrogens (primary N) is 1. The van der Waals surface area contributed by atoms with Crippen molar-refractivity contribution in [1.29, 1.82) is 0 Å². The maximum atomic E-state index is 12.1. The number of hydrogen-bond donors (Lipinski definition) is 4. The molecular weight excluding hydrogens is 383 g/mol. The van der Waals surface area contributed by atoms with Crippen LogP contribution in [0.4, 0.5) is 19.0 Å². The SMILES string of the molecule is NC(=NCC(F)(F)F)Nc1cccc(OCCCCNC(=O)/C=C\C(=O)O)n1. The normalized spacial score (nSPS) is 12.0. The van der Waals surface area contributed by atoms with Crippen LogP contribution in [-0.2, 0) is 9.59 Å². The quantitative estimate of drug-likeness (QED) is 0.200. The van der Waals surface area contributed by atoms with Gasteiger partial charge in [-0.2, -0.15) is 18.2 Å². The summed E-state index contributed by atoms with van der Waals surface area (Å²) in [5.74, 6) is -1.72. The molecule has 12 heteroatoms. The third-order valence-electron chi connectivity index (χ3n) is 2.91. The van der Waals surface area contributed by atoms with E-state index < -0.39 is 30.6 Å². The summed E-state index contributed by atoms with van der Waals surface area (Å²) in [4.78, 5) is 28.7. The van der Waals surface area contributed by atoms with Crippen molar-refractivity contribution in [2.75, 3.05) is 25.0 Å². The van der Waals surface area contributed by atoms with Gasteiger partial charge in [-0.1, -0.05) is 6.07 Å².